The zero-order valence-corrected chi connectivity index (χ0v) is 20.7. The third-order valence-electron chi connectivity index (χ3n) is 6.82. The summed E-state index contributed by atoms with van der Waals surface area (Å²) in [5, 5.41) is 3.05. The Morgan fingerprint density at radius 1 is 0.923 bits per heavy atom. The summed E-state index contributed by atoms with van der Waals surface area (Å²) < 4.78 is 82.7. The summed E-state index contributed by atoms with van der Waals surface area (Å²) in [6.45, 7) is 1.64. The molecule has 2 amide bonds. The van der Waals surface area contributed by atoms with Crippen molar-refractivity contribution in [3.63, 3.8) is 0 Å². The quantitative estimate of drug-likeness (QED) is 0.246. The fraction of sp³-hybridized carbons (Fsp3) is 0.222. The number of alkyl halides is 6. The van der Waals surface area contributed by atoms with E-state index in [0.29, 0.717) is 17.7 Å². The summed E-state index contributed by atoms with van der Waals surface area (Å²) >= 11 is 5.74. The molecule has 0 fully saturated rings. The minimum absolute atomic E-state index is 0.152. The molecule has 2 aliphatic heterocycles. The molecule has 5 nitrogen and oxygen atoms in total. The van der Waals surface area contributed by atoms with Crippen molar-refractivity contribution in [2.45, 2.75) is 37.3 Å². The Kier molecular flexibility index (Phi) is 6.25. The molecule has 0 saturated heterocycles. The molecule has 12 heteroatoms. The van der Waals surface area contributed by atoms with Gasteiger partial charge in [-0.2, -0.15) is 26.3 Å². The van der Waals surface area contributed by atoms with Gasteiger partial charge in [0.05, 0.1) is 28.4 Å². The van der Waals surface area contributed by atoms with Gasteiger partial charge < -0.3 is 4.84 Å². The van der Waals surface area contributed by atoms with E-state index in [0.717, 1.165) is 11.0 Å². The largest absolute Gasteiger partial charge is 0.435 e. The Morgan fingerprint density at radius 2 is 1.51 bits per heavy atom. The van der Waals surface area contributed by atoms with Crippen LogP contribution in [0.5, 0.6) is 0 Å². The molecule has 0 radical (unpaired) electrons. The lowest BCUT2D eigenvalue weighted by Gasteiger charge is -2.30. The lowest BCUT2D eigenvalue weighted by molar-refractivity contribution is -0.276. The highest BCUT2D eigenvalue weighted by Gasteiger charge is 2.62. The lowest BCUT2D eigenvalue weighted by atomic mass is 9.85. The van der Waals surface area contributed by atoms with Crippen molar-refractivity contribution in [1.82, 2.24) is 4.90 Å². The van der Waals surface area contributed by atoms with Crippen LogP contribution < -0.4 is 0 Å². The molecule has 0 bridgehead atoms. The number of halogens is 7. The number of fused-ring (bicyclic) bond motifs is 1. The topological polar surface area (TPSA) is 59.0 Å². The standard InChI is InChI=1S/C27H17ClF6N2O3/c1-14(36-23(37)20-4-2-3-5-21(20)24(36)38)15-6-8-16(9-7-15)22-13-25(39-35-22,27(32,33)34)17-10-18(26(29,30)31)12-19(28)11-17/h2-12,14H,13H2,1H3. The van der Waals surface area contributed by atoms with Gasteiger partial charge in [-0.15, -0.1) is 0 Å². The average molecular weight is 567 g/mol. The van der Waals surface area contributed by atoms with Crippen LogP contribution in [0.2, 0.25) is 5.02 Å². The SMILES string of the molecule is CC(c1ccc(C2=NOC(c3cc(Cl)cc(C(F)(F)F)c3)(C(F)(F)F)C2)cc1)N1C(=O)c2ccccc2C1=O. The number of benzene rings is 3. The van der Waals surface area contributed by atoms with Crippen LogP contribution >= 0.6 is 11.6 Å². The van der Waals surface area contributed by atoms with E-state index in [2.05, 4.69) is 5.16 Å². The van der Waals surface area contributed by atoms with E-state index in [9.17, 15) is 35.9 Å². The van der Waals surface area contributed by atoms with E-state index in [1.54, 1.807) is 31.2 Å². The summed E-state index contributed by atoms with van der Waals surface area (Å²) in [5.74, 6) is -0.925. The van der Waals surface area contributed by atoms with Crippen LogP contribution in [0.1, 0.15) is 62.4 Å². The number of carbonyl (C=O) groups is 2. The zero-order valence-electron chi connectivity index (χ0n) is 19.9. The van der Waals surface area contributed by atoms with Crippen molar-refractivity contribution >= 4 is 29.1 Å². The van der Waals surface area contributed by atoms with Crippen LogP contribution in [0.4, 0.5) is 26.3 Å². The maximum absolute atomic E-state index is 14.3. The molecule has 0 aromatic heterocycles. The number of carbonyl (C=O) groups excluding carboxylic acids is 2. The highest BCUT2D eigenvalue weighted by molar-refractivity contribution is 6.30. The van der Waals surface area contributed by atoms with Gasteiger partial charge in [0.25, 0.3) is 17.4 Å². The normalized spacial score (nSPS) is 20.1. The molecular weight excluding hydrogens is 550 g/mol. The molecule has 5 rings (SSSR count). The van der Waals surface area contributed by atoms with Crippen molar-refractivity contribution in [3.8, 4) is 0 Å². The number of rotatable bonds is 4. The van der Waals surface area contributed by atoms with Gasteiger partial charge in [0.1, 0.15) is 0 Å². The number of hydrogen-bond donors (Lipinski definition) is 0. The molecule has 2 heterocycles. The maximum atomic E-state index is 14.3. The molecule has 202 valence electrons. The van der Waals surface area contributed by atoms with Crippen molar-refractivity contribution in [2.24, 2.45) is 5.16 Å². The lowest BCUT2D eigenvalue weighted by Crippen LogP contribution is -2.42. The Hall–Kier alpha value is -3.86. The highest BCUT2D eigenvalue weighted by Crippen LogP contribution is 2.50. The summed E-state index contributed by atoms with van der Waals surface area (Å²) in [5.41, 5.74) is -4.21. The second kappa shape index (κ2) is 9.11. The van der Waals surface area contributed by atoms with E-state index in [1.165, 1.54) is 24.3 Å². The van der Waals surface area contributed by atoms with Crippen LogP contribution in [0.25, 0.3) is 0 Å². The molecule has 2 atom stereocenters. The predicted octanol–water partition coefficient (Wildman–Crippen LogP) is 7.30. The molecule has 0 spiro atoms. The molecule has 0 N–H and O–H groups in total. The van der Waals surface area contributed by atoms with E-state index in [1.807, 2.05) is 0 Å². The van der Waals surface area contributed by atoms with Crippen LogP contribution in [-0.2, 0) is 16.6 Å². The van der Waals surface area contributed by atoms with Crippen molar-refractivity contribution in [2.75, 3.05) is 0 Å². The number of imide groups is 1. The third kappa shape index (κ3) is 4.44. The monoisotopic (exact) mass is 566 g/mol. The van der Waals surface area contributed by atoms with Gasteiger partial charge in [-0.25, -0.2) is 0 Å². The fourth-order valence-electron chi connectivity index (χ4n) is 4.71. The van der Waals surface area contributed by atoms with Crippen molar-refractivity contribution in [1.29, 1.82) is 0 Å². The molecule has 0 aliphatic carbocycles. The van der Waals surface area contributed by atoms with Gasteiger partial charge in [-0.05, 0) is 48.4 Å². The van der Waals surface area contributed by atoms with Crippen LogP contribution in [-0.4, -0.2) is 28.6 Å². The molecule has 2 aliphatic rings. The van der Waals surface area contributed by atoms with Crippen LogP contribution in [0.15, 0.2) is 71.9 Å². The Labute approximate surface area is 222 Å². The summed E-state index contributed by atoms with van der Waals surface area (Å²) in [6, 6.07) is 13.3. The van der Waals surface area contributed by atoms with Gasteiger partial charge in [0.2, 0.25) is 0 Å². The maximum Gasteiger partial charge on any atom is 0.435 e. The Morgan fingerprint density at radius 3 is 2.05 bits per heavy atom. The highest BCUT2D eigenvalue weighted by atomic mass is 35.5. The fourth-order valence-corrected chi connectivity index (χ4v) is 4.94. The first-order valence-corrected chi connectivity index (χ1v) is 11.9. The molecule has 3 aromatic rings. The van der Waals surface area contributed by atoms with Crippen LogP contribution in [0, 0.1) is 0 Å². The molecule has 3 aromatic carbocycles. The minimum Gasteiger partial charge on any atom is -0.374 e. The molecule has 39 heavy (non-hydrogen) atoms. The van der Waals surface area contributed by atoms with E-state index in [-0.39, 0.29) is 22.4 Å². The first-order chi connectivity index (χ1) is 18.2. The second-order valence-electron chi connectivity index (χ2n) is 9.18. The smallest absolute Gasteiger partial charge is 0.374 e. The van der Waals surface area contributed by atoms with Gasteiger partial charge in [-0.3, -0.25) is 14.5 Å². The van der Waals surface area contributed by atoms with E-state index >= 15 is 0 Å². The van der Waals surface area contributed by atoms with Gasteiger partial charge >= 0.3 is 12.4 Å². The summed E-state index contributed by atoms with van der Waals surface area (Å²) in [6.07, 6.45) is -11.0. The van der Waals surface area contributed by atoms with Gasteiger partial charge in [0.15, 0.2) is 0 Å². The number of nitrogens with zero attached hydrogens (tertiary/aromatic N) is 2. The zero-order chi connectivity index (χ0) is 28.3. The van der Waals surface area contributed by atoms with Crippen molar-refractivity contribution in [3.05, 3.63) is 105 Å². The average Bonchev–Trinajstić information content (AvgIpc) is 3.44. The van der Waals surface area contributed by atoms with E-state index in [4.69, 9.17) is 16.4 Å². The minimum atomic E-state index is -5.13. The molecule has 2 unspecified atom stereocenters. The molecule has 0 saturated carbocycles. The second-order valence-corrected chi connectivity index (χ2v) is 9.62. The summed E-state index contributed by atoms with van der Waals surface area (Å²) in [7, 11) is 0. The number of hydrogen-bond acceptors (Lipinski definition) is 4. The van der Waals surface area contributed by atoms with Gasteiger partial charge in [-0.1, -0.05) is 53.2 Å². The summed E-state index contributed by atoms with van der Waals surface area (Å²) in [4.78, 5) is 31.5. The first kappa shape index (κ1) is 26.7. The number of amides is 2. The number of oxime groups is 1. The Balaban J connectivity index is 1.41. The van der Waals surface area contributed by atoms with Crippen molar-refractivity contribution < 1.29 is 40.8 Å². The van der Waals surface area contributed by atoms with Gasteiger partial charge in [0, 0.05) is 17.0 Å². The van der Waals surface area contributed by atoms with E-state index < -0.39 is 58.4 Å². The van der Waals surface area contributed by atoms with Crippen LogP contribution in [0.3, 0.4) is 0 Å². The first-order valence-electron chi connectivity index (χ1n) is 11.5. The molecular formula is C27H17ClF6N2O3. The third-order valence-corrected chi connectivity index (χ3v) is 7.03. The Bertz CT molecular complexity index is 1480. The predicted molar refractivity (Wildman–Crippen MR) is 128 cm³/mol.